The molecule has 3 heterocycles. The topological polar surface area (TPSA) is 85.6 Å². The molecule has 30 heavy (non-hydrogen) atoms. The van der Waals surface area contributed by atoms with Crippen molar-refractivity contribution in [1.29, 1.82) is 0 Å². The third-order valence-electron chi connectivity index (χ3n) is 5.31. The fourth-order valence-corrected chi connectivity index (χ4v) is 4.43. The number of carbonyl (C=O) groups excluding carboxylic acids is 1. The third-order valence-corrected chi connectivity index (χ3v) is 6.31. The zero-order chi connectivity index (χ0) is 20.8. The Hall–Kier alpha value is -3.13. The second-order valence-electron chi connectivity index (χ2n) is 7.96. The summed E-state index contributed by atoms with van der Waals surface area (Å²) in [7, 11) is 0. The van der Waals surface area contributed by atoms with E-state index in [1.807, 2.05) is 41.9 Å². The molecule has 0 saturated heterocycles. The van der Waals surface area contributed by atoms with Gasteiger partial charge in [-0.25, -0.2) is 9.67 Å². The Morgan fingerprint density at radius 1 is 1.23 bits per heavy atom. The molecule has 0 radical (unpaired) electrons. The van der Waals surface area contributed by atoms with E-state index in [2.05, 4.69) is 34.5 Å². The van der Waals surface area contributed by atoms with E-state index in [-0.39, 0.29) is 11.9 Å². The molecule has 1 saturated carbocycles. The fraction of sp³-hybridized carbons (Fsp3) is 0.318. The molecule has 1 N–H and O–H groups in total. The van der Waals surface area contributed by atoms with Crippen LogP contribution in [0.15, 0.2) is 36.5 Å². The number of benzene rings is 1. The van der Waals surface area contributed by atoms with Gasteiger partial charge in [-0.05, 0) is 45.2 Å². The summed E-state index contributed by atoms with van der Waals surface area (Å²) in [6.45, 7) is 6.14. The van der Waals surface area contributed by atoms with Crippen molar-refractivity contribution >= 4 is 33.4 Å². The molecular formula is C22H22N6OS. The summed E-state index contributed by atoms with van der Waals surface area (Å²) >= 11 is 1.45. The van der Waals surface area contributed by atoms with Crippen LogP contribution in [-0.2, 0) is 0 Å². The molecule has 152 valence electrons. The summed E-state index contributed by atoms with van der Waals surface area (Å²) in [6.07, 6.45) is 4.03. The van der Waals surface area contributed by atoms with Crippen molar-refractivity contribution in [2.24, 2.45) is 0 Å². The SMILES string of the molecule is Cc1ccccc1-c1cc(C(=O)Nc2nnc(C3CC3)s2)c2cnn(C(C)C)c2n1. The van der Waals surface area contributed by atoms with Gasteiger partial charge in [-0.3, -0.25) is 10.1 Å². The second-order valence-corrected chi connectivity index (χ2v) is 8.97. The molecule has 1 fully saturated rings. The molecule has 3 aromatic heterocycles. The number of aromatic nitrogens is 5. The number of fused-ring (bicyclic) bond motifs is 1. The Balaban J connectivity index is 1.60. The molecular weight excluding hydrogens is 396 g/mol. The molecule has 7 nitrogen and oxygen atoms in total. The molecule has 0 spiro atoms. The maximum Gasteiger partial charge on any atom is 0.258 e. The van der Waals surface area contributed by atoms with Crippen LogP contribution >= 0.6 is 11.3 Å². The van der Waals surface area contributed by atoms with E-state index in [1.54, 1.807) is 6.20 Å². The first kappa shape index (κ1) is 18.9. The zero-order valence-corrected chi connectivity index (χ0v) is 17.9. The van der Waals surface area contributed by atoms with Crippen LogP contribution in [0.4, 0.5) is 5.13 Å². The highest BCUT2D eigenvalue weighted by atomic mass is 32.1. The standard InChI is InChI=1S/C22H22N6OS/c1-12(2)28-19-17(11-23-28)16(10-18(24-19)15-7-5-4-6-13(15)3)20(29)25-22-27-26-21(30-22)14-8-9-14/h4-7,10-12,14H,8-9H2,1-3H3,(H,25,27,29). The Morgan fingerprint density at radius 2 is 2.03 bits per heavy atom. The number of nitrogens with zero attached hydrogens (tertiary/aromatic N) is 5. The van der Waals surface area contributed by atoms with Gasteiger partial charge in [0.2, 0.25) is 5.13 Å². The van der Waals surface area contributed by atoms with Crippen molar-refractivity contribution in [3.8, 4) is 11.3 Å². The van der Waals surface area contributed by atoms with E-state index < -0.39 is 0 Å². The van der Waals surface area contributed by atoms with Crippen LogP contribution in [0, 0.1) is 6.92 Å². The summed E-state index contributed by atoms with van der Waals surface area (Å²) in [5, 5.41) is 18.0. The van der Waals surface area contributed by atoms with Gasteiger partial charge in [0.15, 0.2) is 5.65 Å². The highest BCUT2D eigenvalue weighted by molar-refractivity contribution is 7.15. The minimum atomic E-state index is -0.223. The Morgan fingerprint density at radius 3 is 2.77 bits per heavy atom. The van der Waals surface area contributed by atoms with Crippen molar-refractivity contribution < 1.29 is 4.79 Å². The summed E-state index contributed by atoms with van der Waals surface area (Å²) in [5.74, 6) is 0.289. The average Bonchev–Trinajstić information content (AvgIpc) is 3.31. The lowest BCUT2D eigenvalue weighted by atomic mass is 10.0. The summed E-state index contributed by atoms with van der Waals surface area (Å²) in [4.78, 5) is 18.1. The number of nitrogens with one attached hydrogen (secondary N) is 1. The van der Waals surface area contributed by atoms with Crippen LogP contribution in [0.1, 0.15) is 59.6 Å². The fourth-order valence-electron chi connectivity index (χ4n) is 3.53. The van der Waals surface area contributed by atoms with Gasteiger partial charge in [0.05, 0.1) is 22.8 Å². The zero-order valence-electron chi connectivity index (χ0n) is 17.1. The number of amides is 1. The van der Waals surface area contributed by atoms with Crippen molar-refractivity contribution in [3.63, 3.8) is 0 Å². The minimum absolute atomic E-state index is 0.127. The molecule has 1 aliphatic carbocycles. The molecule has 0 aliphatic heterocycles. The first-order valence-corrected chi connectivity index (χ1v) is 10.9. The predicted octanol–water partition coefficient (Wildman–Crippen LogP) is 4.97. The van der Waals surface area contributed by atoms with Crippen LogP contribution < -0.4 is 5.32 Å². The number of aryl methyl sites for hydroxylation is 1. The van der Waals surface area contributed by atoms with Crippen molar-refractivity contribution in [2.75, 3.05) is 5.32 Å². The van der Waals surface area contributed by atoms with Crippen LogP contribution in [0.25, 0.3) is 22.3 Å². The largest absolute Gasteiger partial charge is 0.296 e. The highest BCUT2D eigenvalue weighted by Gasteiger charge is 2.28. The van der Waals surface area contributed by atoms with Gasteiger partial charge in [0, 0.05) is 17.5 Å². The number of hydrogen-bond acceptors (Lipinski definition) is 6. The minimum Gasteiger partial charge on any atom is -0.296 e. The molecule has 1 aromatic carbocycles. The van der Waals surface area contributed by atoms with Crippen LogP contribution in [0.5, 0.6) is 0 Å². The van der Waals surface area contributed by atoms with E-state index in [4.69, 9.17) is 4.98 Å². The predicted molar refractivity (Wildman–Crippen MR) is 118 cm³/mol. The second kappa shape index (κ2) is 7.28. The van der Waals surface area contributed by atoms with E-state index >= 15 is 0 Å². The third kappa shape index (κ3) is 3.37. The van der Waals surface area contributed by atoms with Gasteiger partial charge >= 0.3 is 0 Å². The Bertz CT molecular complexity index is 1250. The first-order chi connectivity index (χ1) is 14.5. The van der Waals surface area contributed by atoms with Crippen LogP contribution in [0.3, 0.4) is 0 Å². The summed E-state index contributed by atoms with van der Waals surface area (Å²) in [5.41, 5.74) is 4.09. The molecule has 4 aromatic rings. The summed E-state index contributed by atoms with van der Waals surface area (Å²) in [6, 6.07) is 10.0. The molecule has 0 unspecified atom stereocenters. The molecule has 1 amide bonds. The lowest BCUT2D eigenvalue weighted by Gasteiger charge is -2.11. The maximum atomic E-state index is 13.2. The number of hydrogen-bond donors (Lipinski definition) is 1. The van der Waals surface area contributed by atoms with E-state index in [0.29, 0.717) is 22.3 Å². The van der Waals surface area contributed by atoms with Gasteiger partial charge < -0.3 is 0 Å². The Kier molecular flexibility index (Phi) is 4.58. The number of anilines is 1. The maximum absolute atomic E-state index is 13.2. The number of rotatable bonds is 5. The van der Waals surface area contributed by atoms with Crippen molar-refractivity contribution in [1.82, 2.24) is 25.0 Å². The number of pyridine rings is 1. The molecule has 8 heteroatoms. The molecule has 1 aliphatic rings. The van der Waals surface area contributed by atoms with Crippen molar-refractivity contribution in [3.05, 3.63) is 52.7 Å². The lowest BCUT2D eigenvalue weighted by molar-refractivity contribution is 0.102. The van der Waals surface area contributed by atoms with Gasteiger partial charge in [0.25, 0.3) is 5.91 Å². The van der Waals surface area contributed by atoms with Crippen LogP contribution in [0.2, 0.25) is 0 Å². The smallest absolute Gasteiger partial charge is 0.258 e. The number of carbonyl (C=O) groups is 1. The lowest BCUT2D eigenvalue weighted by Crippen LogP contribution is -2.13. The van der Waals surface area contributed by atoms with E-state index in [1.165, 1.54) is 11.3 Å². The monoisotopic (exact) mass is 418 g/mol. The van der Waals surface area contributed by atoms with E-state index in [9.17, 15) is 4.79 Å². The first-order valence-electron chi connectivity index (χ1n) is 10.1. The van der Waals surface area contributed by atoms with Crippen molar-refractivity contribution in [2.45, 2.75) is 45.6 Å². The highest BCUT2D eigenvalue weighted by Crippen LogP contribution is 2.42. The Labute approximate surface area is 178 Å². The molecule has 5 rings (SSSR count). The van der Waals surface area contributed by atoms with Gasteiger partial charge in [-0.2, -0.15) is 5.10 Å². The van der Waals surface area contributed by atoms with Gasteiger partial charge in [0.1, 0.15) is 5.01 Å². The quantitative estimate of drug-likeness (QED) is 0.495. The molecule has 0 atom stereocenters. The van der Waals surface area contributed by atoms with Gasteiger partial charge in [-0.1, -0.05) is 35.6 Å². The van der Waals surface area contributed by atoms with Crippen LogP contribution in [-0.4, -0.2) is 30.9 Å². The normalized spacial score (nSPS) is 13.9. The van der Waals surface area contributed by atoms with E-state index in [0.717, 1.165) is 40.1 Å². The average molecular weight is 419 g/mol. The van der Waals surface area contributed by atoms with Gasteiger partial charge in [-0.15, -0.1) is 10.2 Å². The summed E-state index contributed by atoms with van der Waals surface area (Å²) < 4.78 is 1.85. The molecule has 0 bridgehead atoms.